The zero-order chi connectivity index (χ0) is 31.1. The van der Waals surface area contributed by atoms with Crippen molar-refractivity contribution in [3.63, 3.8) is 0 Å². The van der Waals surface area contributed by atoms with Crippen molar-refractivity contribution in [2.24, 2.45) is 7.05 Å². The standard InChI is InChI=1S/C33H29N5O4S2/c1-22-30(33(42)38(37(22)2)26-11-7-4-8-12-26)36-29(39)21-44-27-15-13-25(14-16-27)34-32(41)28(19-23-17-18-43-20-23)35-31(40)24-9-5-3-6-10-24/h3-20H,21H2,1-2H3,(H,34,41)(H,35,40)(H,36,39)/b28-19-. The van der Waals surface area contributed by atoms with Gasteiger partial charge in [-0.15, -0.1) is 11.8 Å². The van der Waals surface area contributed by atoms with Crippen LogP contribution in [0.5, 0.6) is 0 Å². The molecular weight excluding hydrogens is 595 g/mol. The number of aromatic nitrogens is 2. The van der Waals surface area contributed by atoms with Crippen LogP contribution in [0.25, 0.3) is 11.8 Å². The summed E-state index contributed by atoms with van der Waals surface area (Å²) in [6.45, 7) is 1.78. The molecule has 3 aromatic carbocycles. The summed E-state index contributed by atoms with van der Waals surface area (Å²) in [5, 5.41) is 12.1. The number of carbonyl (C=O) groups excluding carboxylic acids is 3. The van der Waals surface area contributed by atoms with E-state index in [0.29, 0.717) is 22.6 Å². The number of hydrogen-bond acceptors (Lipinski definition) is 6. The molecule has 5 rings (SSSR count). The van der Waals surface area contributed by atoms with E-state index in [0.717, 1.165) is 10.5 Å². The summed E-state index contributed by atoms with van der Waals surface area (Å²) in [6.07, 6.45) is 1.62. The Morgan fingerprint density at radius 1 is 0.886 bits per heavy atom. The van der Waals surface area contributed by atoms with Gasteiger partial charge in [-0.1, -0.05) is 36.4 Å². The van der Waals surface area contributed by atoms with Crippen LogP contribution in [0.3, 0.4) is 0 Å². The molecule has 3 N–H and O–H groups in total. The van der Waals surface area contributed by atoms with E-state index in [-0.39, 0.29) is 28.6 Å². The number of nitrogens with one attached hydrogen (secondary N) is 3. The number of nitrogens with zero attached hydrogens (tertiary/aromatic N) is 2. The lowest BCUT2D eigenvalue weighted by atomic mass is 10.2. The topological polar surface area (TPSA) is 114 Å². The maximum absolute atomic E-state index is 13.2. The van der Waals surface area contributed by atoms with Gasteiger partial charge in [0, 0.05) is 23.2 Å². The molecule has 0 spiro atoms. The Hall–Kier alpha value is -5.13. The molecular formula is C33H29N5O4S2. The van der Waals surface area contributed by atoms with Crippen LogP contribution in [0.1, 0.15) is 21.6 Å². The molecule has 0 radical (unpaired) electrons. The van der Waals surface area contributed by atoms with E-state index in [1.54, 1.807) is 73.3 Å². The highest BCUT2D eigenvalue weighted by Crippen LogP contribution is 2.22. The molecule has 5 aromatic rings. The second-order valence-corrected chi connectivity index (χ2v) is 11.5. The Labute approximate surface area is 262 Å². The molecule has 2 heterocycles. The normalized spacial score (nSPS) is 11.2. The number of rotatable bonds is 10. The molecule has 222 valence electrons. The first-order valence-corrected chi connectivity index (χ1v) is 15.5. The Bertz CT molecular complexity index is 1860. The maximum atomic E-state index is 13.2. The molecule has 3 amide bonds. The Balaban J connectivity index is 1.20. The minimum atomic E-state index is -0.473. The van der Waals surface area contributed by atoms with Gasteiger partial charge in [0.05, 0.1) is 17.1 Å². The van der Waals surface area contributed by atoms with Crippen LogP contribution < -0.4 is 21.5 Å². The van der Waals surface area contributed by atoms with Gasteiger partial charge in [-0.3, -0.25) is 23.9 Å². The third kappa shape index (κ3) is 7.25. The van der Waals surface area contributed by atoms with E-state index in [1.165, 1.54) is 27.8 Å². The van der Waals surface area contributed by atoms with E-state index < -0.39 is 11.8 Å². The predicted molar refractivity (Wildman–Crippen MR) is 176 cm³/mol. The van der Waals surface area contributed by atoms with E-state index in [2.05, 4.69) is 16.0 Å². The van der Waals surface area contributed by atoms with Crippen LogP contribution in [0.15, 0.2) is 117 Å². The third-order valence-electron chi connectivity index (χ3n) is 6.68. The van der Waals surface area contributed by atoms with Gasteiger partial charge in [-0.25, -0.2) is 4.68 Å². The molecule has 0 bridgehead atoms. The average Bonchev–Trinajstić information content (AvgIpc) is 3.63. The molecule has 0 saturated heterocycles. The van der Waals surface area contributed by atoms with Crippen molar-refractivity contribution in [3.05, 3.63) is 135 Å². The van der Waals surface area contributed by atoms with E-state index in [9.17, 15) is 19.2 Å². The van der Waals surface area contributed by atoms with Gasteiger partial charge in [0.15, 0.2) is 0 Å². The number of benzene rings is 3. The smallest absolute Gasteiger partial charge is 0.295 e. The molecule has 44 heavy (non-hydrogen) atoms. The fraction of sp³-hybridized carbons (Fsp3) is 0.0909. The van der Waals surface area contributed by atoms with Crippen LogP contribution in [0.2, 0.25) is 0 Å². The molecule has 0 saturated carbocycles. The van der Waals surface area contributed by atoms with Crippen LogP contribution in [0, 0.1) is 6.92 Å². The van der Waals surface area contributed by atoms with Crippen molar-refractivity contribution in [1.82, 2.24) is 14.7 Å². The van der Waals surface area contributed by atoms with Crippen LogP contribution in [-0.2, 0) is 16.6 Å². The number of carbonyl (C=O) groups is 3. The van der Waals surface area contributed by atoms with E-state index in [1.807, 2.05) is 53.2 Å². The monoisotopic (exact) mass is 623 g/mol. The van der Waals surface area contributed by atoms with E-state index >= 15 is 0 Å². The van der Waals surface area contributed by atoms with Crippen molar-refractivity contribution in [3.8, 4) is 5.69 Å². The largest absolute Gasteiger partial charge is 0.321 e. The van der Waals surface area contributed by atoms with Gasteiger partial charge in [0.2, 0.25) is 5.91 Å². The minimum Gasteiger partial charge on any atom is -0.321 e. The maximum Gasteiger partial charge on any atom is 0.295 e. The van der Waals surface area contributed by atoms with Crippen LogP contribution in [0.4, 0.5) is 11.4 Å². The number of thioether (sulfide) groups is 1. The number of amides is 3. The van der Waals surface area contributed by atoms with Gasteiger partial charge in [0.1, 0.15) is 11.4 Å². The molecule has 9 nitrogen and oxygen atoms in total. The first kappa shape index (κ1) is 30.3. The van der Waals surface area contributed by atoms with Crippen molar-refractivity contribution >= 4 is 58.3 Å². The molecule has 11 heteroatoms. The summed E-state index contributed by atoms with van der Waals surface area (Å²) in [6, 6.07) is 26.8. The van der Waals surface area contributed by atoms with E-state index in [4.69, 9.17) is 0 Å². The highest BCUT2D eigenvalue weighted by atomic mass is 32.2. The quantitative estimate of drug-likeness (QED) is 0.137. The SMILES string of the molecule is Cc1c(NC(=O)CSc2ccc(NC(=O)/C(=C/c3ccsc3)NC(=O)c3ccccc3)cc2)c(=O)n(-c2ccccc2)n1C. The lowest BCUT2D eigenvalue weighted by molar-refractivity contribution is -0.114. The first-order valence-electron chi connectivity index (χ1n) is 13.6. The van der Waals surface area contributed by atoms with Gasteiger partial charge in [0.25, 0.3) is 17.4 Å². The fourth-order valence-electron chi connectivity index (χ4n) is 4.34. The molecule has 0 unspecified atom stereocenters. The zero-order valence-electron chi connectivity index (χ0n) is 23.9. The summed E-state index contributed by atoms with van der Waals surface area (Å²) in [5.41, 5.74) is 3.15. The Morgan fingerprint density at radius 2 is 1.57 bits per heavy atom. The summed E-state index contributed by atoms with van der Waals surface area (Å²) in [5.74, 6) is -1.09. The number of anilines is 2. The van der Waals surface area contributed by atoms with Crippen LogP contribution in [-0.4, -0.2) is 32.8 Å². The Kier molecular flexibility index (Phi) is 9.58. The lowest BCUT2D eigenvalue weighted by Gasteiger charge is -2.11. The van der Waals surface area contributed by atoms with Crippen molar-refractivity contribution in [2.45, 2.75) is 11.8 Å². The number of para-hydroxylation sites is 1. The average molecular weight is 624 g/mol. The summed E-state index contributed by atoms with van der Waals surface area (Å²) in [4.78, 5) is 52.6. The first-order chi connectivity index (χ1) is 21.3. The lowest BCUT2D eigenvalue weighted by Crippen LogP contribution is -2.30. The second kappa shape index (κ2) is 13.9. The summed E-state index contributed by atoms with van der Waals surface area (Å²) >= 11 is 2.79. The third-order valence-corrected chi connectivity index (χ3v) is 8.40. The predicted octanol–water partition coefficient (Wildman–Crippen LogP) is 5.69. The fourth-order valence-corrected chi connectivity index (χ4v) is 5.65. The highest BCUT2D eigenvalue weighted by Gasteiger charge is 2.19. The molecule has 0 aliphatic heterocycles. The summed E-state index contributed by atoms with van der Waals surface area (Å²) < 4.78 is 3.22. The molecule has 2 aromatic heterocycles. The second-order valence-electron chi connectivity index (χ2n) is 9.69. The molecule has 0 atom stereocenters. The molecule has 0 aliphatic rings. The van der Waals surface area contributed by atoms with Crippen LogP contribution >= 0.6 is 23.1 Å². The zero-order valence-corrected chi connectivity index (χ0v) is 25.6. The Morgan fingerprint density at radius 3 is 2.23 bits per heavy atom. The number of hydrogen-bond donors (Lipinski definition) is 3. The molecule has 0 fully saturated rings. The van der Waals surface area contributed by atoms with Crippen molar-refractivity contribution in [1.29, 1.82) is 0 Å². The summed E-state index contributed by atoms with van der Waals surface area (Å²) in [7, 11) is 1.77. The number of thiophene rings is 1. The van der Waals surface area contributed by atoms with Gasteiger partial charge >= 0.3 is 0 Å². The van der Waals surface area contributed by atoms with Gasteiger partial charge < -0.3 is 16.0 Å². The highest BCUT2D eigenvalue weighted by molar-refractivity contribution is 8.00. The van der Waals surface area contributed by atoms with Crippen molar-refractivity contribution < 1.29 is 14.4 Å². The van der Waals surface area contributed by atoms with Crippen molar-refractivity contribution in [2.75, 3.05) is 16.4 Å². The van der Waals surface area contributed by atoms with Gasteiger partial charge in [-0.2, -0.15) is 11.3 Å². The molecule has 0 aliphatic carbocycles. The van der Waals surface area contributed by atoms with Gasteiger partial charge in [-0.05, 0) is 83.9 Å². The minimum absolute atomic E-state index is 0.0872.